The van der Waals surface area contributed by atoms with Gasteiger partial charge in [0, 0.05) is 17.8 Å². The number of rotatable bonds is 9. The Bertz CT molecular complexity index is 710. The number of aryl methyl sites for hydroxylation is 1. The summed E-state index contributed by atoms with van der Waals surface area (Å²) in [5.74, 6) is 2.06. The molecule has 3 heterocycles. The predicted octanol–water partition coefficient (Wildman–Crippen LogP) is 3.88. The Labute approximate surface area is 146 Å². The van der Waals surface area contributed by atoms with Gasteiger partial charge in [-0.05, 0) is 24.3 Å². The van der Waals surface area contributed by atoms with Gasteiger partial charge >= 0.3 is 0 Å². The van der Waals surface area contributed by atoms with Gasteiger partial charge in [0.2, 0.25) is 11.0 Å². The van der Waals surface area contributed by atoms with Gasteiger partial charge in [-0.2, -0.15) is 4.98 Å². The summed E-state index contributed by atoms with van der Waals surface area (Å²) in [6, 6.07) is 4.22. The van der Waals surface area contributed by atoms with Gasteiger partial charge in [0.05, 0.1) is 5.75 Å². The predicted molar refractivity (Wildman–Crippen MR) is 94.3 cm³/mol. The van der Waals surface area contributed by atoms with Crippen molar-refractivity contribution < 1.29 is 4.52 Å². The van der Waals surface area contributed by atoms with E-state index in [4.69, 9.17) is 4.52 Å². The standard InChI is InChI=1S/C14H17N5OS3/c1-2-4-12-16-11(19-20-12)9-22-14-18-17-13(23-14)15-7-6-10-5-3-8-21-10/h3,5,8H,2,4,6-7,9H2,1H3,(H,15,17). The minimum atomic E-state index is 0.650. The minimum Gasteiger partial charge on any atom is -0.360 e. The molecule has 122 valence electrons. The molecule has 0 saturated carbocycles. The molecule has 0 amide bonds. The summed E-state index contributed by atoms with van der Waals surface area (Å²) in [6.45, 7) is 2.96. The molecule has 0 unspecified atom stereocenters. The van der Waals surface area contributed by atoms with Crippen LogP contribution in [0.4, 0.5) is 5.13 Å². The van der Waals surface area contributed by atoms with Crippen LogP contribution in [0.3, 0.4) is 0 Å². The molecule has 23 heavy (non-hydrogen) atoms. The summed E-state index contributed by atoms with van der Waals surface area (Å²) in [5, 5.41) is 18.6. The van der Waals surface area contributed by atoms with Crippen molar-refractivity contribution in [2.75, 3.05) is 11.9 Å². The van der Waals surface area contributed by atoms with Gasteiger partial charge in [-0.3, -0.25) is 0 Å². The SMILES string of the molecule is CCCc1nc(CSc2nnc(NCCc3cccs3)s2)no1. The van der Waals surface area contributed by atoms with E-state index in [2.05, 4.69) is 50.1 Å². The first kappa shape index (κ1) is 16.4. The largest absolute Gasteiger partial charge is 0.360 e. The Morgan fingerprint density at radius 3 is 3.09 bits per heavy atom. The summed E-state index contributed by atoms with van der Waals surface area (Å²) >= 11 is 4.91. The Balaban J connectivity index is 1.43. The van der Waals surface area contributed by atoms with Crippen molar-refractivity contribution in [1.82, 2.24) is 20.3 Å². The average Bonchev–Trinajstić information content (AvgIpc) is 3.27. The van der Waals surface area contributed by atoms with E-state index in [0.29, 0.717) is 17.5 Å². The zero-order chi connectivity index (χ0) is 15.9. The van der Waals surface area contributed by atoms with Crippen LogP contribution in [0.5, 0.6) is 0 Å². The van der Waals surface area contributed by atoms with E-state index in [1.165, 1.54) is 4.88 Å². The Hall–Kier alpha value is -1.45. The summed E-state index contributed by atoms with van der Waals surface area (Å²) in [6.07, 6.45) is 2.84. The second kappa shape index (κ2) is 8.42. The van der Waals surface area contributed by atoms with E-state index in [-0.39, 0.29) is 0 Å². The van der Waals surface area contributed by atoms with Crippen molar-refractivity contribution in [1.29, 1.82) is 0 Å². The maximum Gasteiger partial charge on any atom is 0.226 e. The van der Waals surface area contributed by atoms with Crippen molar-refractivity contribution in [3.8, 4) is 0 Å². The molecule has 3 aromatic rings. The van der Waals surface area contributed by atoms with E-state index in [1.54, 1.807) is 34.4 Å². The van der Waals surface area contributed by atoms with Crippen LogP contribution < -0.4 is 5.32 Å². The quantitative estimate of drug-likeness (QED) is 0.575. The molecule has 0 aliphatic rings. The van der Waals surface area contributed by atoms with E-state index in [1.807, 2.05) is 0 Å². The van der Waals surface area contributed by atoms with Crippen molar-refractivity contribution >= 4 is 39.6 Å². The highest BCUT2D eigenvalue weighted by atomic mass is 32.2. The minimum absolute atomic E-state index is 0.650. The molecule has 0 aliphatic heterocycles. The van der Waals surface area contributed by atoms with Gasteiger partial charge in [0.25, 0.3) is 0 Å². The molecule has 0 aromatic carbocycles. The molecule has 6 nitrogen and oxygen atoms in total. The van der Waals surface area contributed by atoms with E-state index in [0.717, 1.165) is 35.3 Å². The first-order chi connectivity index (χ1) is 11.3. The number of thiophene rings is 1. The molecular formula is C14H17N5OS3. The van der Waals surface area contributed by atoms with E-state index in [9.17, 15) is 0 Å². The zero-order valence-corrected chi connectivity index (χ0v) is 15.1. The zero-order valence-electron chi connectivity index (χ0n) is 12.7. The van der Waals surface area contributed by atoms with Crippen LogP contribution in [0.1, 0.15) is 29.9 Å². The van der Waals surface area contributed by atoms with Gasteiger partial charge in [0.15, 0.2) is 10.2 Å². The third-order valence-corrected chi connectivity index (χ3v) is 5.88. The first-order valence-electron chi connectivity index (χ1n) is 7.37. The van der Waals surface area contributed by atoms with E-state index < -0.39 is 0 Å². The summed E-state index contributed by atoms with van der Waals surface area (Å²) in [5.41, 5.74) is 0. The highest BCUT2D eigenvalue weighted by Crippen LogP contribution is 2.27. The first-order valence-corrected chi connectivity index (χ1v) is 10.1. The monoisotopic (exact) mass is 367 g/mol. The number of nitrogens with one attached hydrogen (secondary N) is 1. The smallest absolute Gasteiger partial charge is 0.226 e. The van der Waals surface area contributed by atoms with Crippen LogP contribution >= 0.6 is 34.4 Å². The van der Waals surface area contributed by atoms with Gasteiger partial charge in [-0.15, -0.1) is 21.5 Å². The lowest BCUT2D eigenvalue weighted by atomic mass is 10.3. The third kappa shape index (κ3) is 5.02. The molecule has 0 atom stereocenters. The van der Waals surface area contributed by atoms with Gasteiger partial charge in [-0.1, -0.05) is 41.2 Å². The molecule has 0 radical (unpaired) electrons. The van der Waals surface area contributed by atoms with Crippen LogP contribution in [-0.4, -0.2) is 26.9 Å². The number of hydrogen-bond acceptors (Lipinski definition) is 9. The van der Waals surface area contributed by atoms with Crippen LogP contribution in [-0.2, 0) is 18.6 Å². The normalized spacial score (nSPS) is 11.0. The fourth-order valence-corrected chi connectivity index (χ4v) is 4.21. The molecule has 0 fully saturated rings. The van der Waals surface area contributed by atoms with Gasteiger partial charge < -0.3 is 9.84 Å². The van der Waals surface area contributed by atoms with Gasteiger partial charge in [-0.25, -0.2) is 0 Å². The summed E-state index contributed by atoms with van der Waals surface area (Å²) < 4.78 is 6.08. The number of anilines is 1. The third-order valence-electron chi connectivity index (χ3n) is 2.93. The molecule has 0 aliphatic carbocycles. The second-order valence-corrected chi connectivity index (χ2v) is 8.00. The lowest BCUT2D eigenvalue weighted by molar-refractivity contribution is 0.373. The van der Waals surface area contributed by atoms with Crippen molar-refractivity contribution in [3.05, 3.63) is 34.1 Å². The fourth-order valence-electron chi connectivity index (χ4n) is 1.88. The van der Waals surface area contributed by atoms with Gasteiger partial charge in [0.1, 0.15) is 0 Å². The van der Waals surface area contributed by atoms with Crippen LogP contribution in [0.2, 0.25) is 0 Å². The summed E-state index contributed by atoms with van der Waals surface area (Å²) in [4.78, 5) is 5.72. The lowest BCUT2D eigenvalue weighted by Crippen LogP contribution is -2.03. The number of thioether (sulfide) groups is 1. The van der Waals surface area contributed by atoms with Crippen LogP contribution in [0.15, 0.2) is 26.4 Å². The molecular weight excluding hydrogens is 350 g/mol. The van der Waals surface area contributed by atoms with Crippen molar-refractivity contribution in [2.45, 2.75) is 36.3 Å². The highest BCUT2D eigenvalue weighted by Gasteiger charge is 2.09. The number of hydrogen-bond donors (Lipinski definition) is 1. The number of aromatic nitrogens is 4. The van der Waals surface area contributed by atoms with Crippen LogP contribution in [0.25, 0.3) is 0 Å². The molecule has 9 heteroatoms. The van der Waals surface area contributed by atoms with E-state index >= 15 is 0 Å². The second-order valence-electron chi connectivity index (χ2n) is 4.77. The molecule has 3 rings (SSSR count). The maximum absolute atomic E-state index is 5.17. The molecule has 0 bridgehead atoms. The topological polar surface area (TPSA) is 76.7 Å². The highest BCUT2D eigenvalue weighted by molar-refractivity contribution is 8.00. The van der Waals surface area contributed by atoms with Crippen LogP contribution in [0, 0.1) is 0 Å². The number of nitrogens with zero attached hydrogens (tertiary/aromatic N) is 4. The summed E-state index contributed by atoms with van der Waals surface area (Å²) in [7, 11) is 0. The lowest BCUT2D eigenvalue weighted by Gasteiger charge is -1.98. The Kier molecular flexibility index (Phi) is 6.00. The van der Waals surface area contributed by atoms with Crippen molar-refractivity contribution in [3.63, 3.8) is 0 Å². The maximum atomic E-state index is 5.17. The Morgan fingerprint density at radius 1 is 1.30 bits per heavy atom. The Morgan fingerprint density at radius 2 is 2.26 bits per heavy atom. The van der Waals surface area contributed by atoms with Crippen molar-refractivity contribution in [2.24, 2.45) is 0 Å². The average molecular weight is 368 g/mol. The fraction of sp³-hybridized carbons (Fsp3) is 0.429. The molecule has 1 N–H and O–H groups in total. The molecule has 3 aromatic heterocycles. The molecule has 0 saturated heterocycles. The molecule has 0 spiro atoms.